The van der Waals surface area contributed by atoms with Crippen LogP contribution in [0.15, 0.2) is 42.6 Å². The largest absolute Gasteiger partial charge is 0.465 e. The van der Waals surface area contributed by atoms with E-state index in [2.05, 4.69) is 20.1 Å². The minimum atomic E-state index is -1.26. The molecule has 0 radical (unpaired) electrons. The lowest BCUT2D eigenvalue weighted by Gasteiger charge is -2.17. The van der Waals surface area contributed by atoms with E-state index in [1.165, 1.54) is 17.8 Å². The maximum atomic E-state index is 14.1. The number of nitrogens with zero attached hydrogens (tertiary/aromatic N) is 6. The van der Waals surface area contributed by atoms with Gasteiger partial charge in [0.15, 0.2) is 11.6 Å². The third kappa shape index (κ3) is 3.21. The van der Waals surface area contributed by atoms with Gasteiger partial charge in [-0.2, -0.15) is 19.7 Å². The highest BCUT2D eigenvalue weighted by Crippen LogP contribution is 2.29. The molecule has 0 spiro atoms. The minimum absolute atomic E-state index is 0.0209. The van der Waals surface area contributed by atoms with Gasteiger partial charge in [-0.05, 0) is 23.8 Å². The van der Waals surface area contributed by atoms with Crippen molar-refractivity contribution >= 4 is 34.4 Å². The maximum absolute atomic E-state index is 14.1. The van der Waals surface area contributed by atoms with E-state index >= 15 is 0 Å². The van der Waals surface area contributed by atoms with Crippen LogP contribution in [-0.2, 0) is 6.42 Å². The first-order valence-electron chi connectivity index (χ1n) is 8.83. The van der Waals surface area contributed by atoms with Crippen molar-refractivity contribution in [1.29, 1.82) is 0 Å². The van der Waals surface area contributed by atoms with Crippen LogP contribution in [0.5, 0.6) is 0 Å². The standard InChI is InChI=1S/C19H17FN8O2/c1-27(19(29)30)15-16(21)24-18(25-17(15)22)28-13-7-4-8-23-14(13)12(26-28)9-10-5-2-3-6-11(10)20/h2-8H,9H2,1H3,(H,29,30)(H4,21,22,24,25). The van der Waals surface area contributed by atoms with Crippen LogP contribution >= 0.6 is 0 Å². The summed E-state index contributed by atoms with van der Waals surface area (Å²) in [5.74, 6) is -0.538. The number of anilines is 3. The van der Waals surface area contributed by atoms with Crippen molar-refractivity contribution in [3.05, 3.63) is 59.7 Å². The SMILES string of the molecule is CN(C(=O)O)c1c(N)nc(-n2nc(Cc3ccccc3F)c3ncccc32)nc1N. The molecule has 0 fully saturated rings. The number of amides is 1. The number of aromatic nitrogens is 5. The second-order valence-electron chi connectivity index (χ2n) is 6.48. The number of rotatable bonds is 4. The summed E-state index contributed by atoms with van der Waals surface area (Å²) < 4.78 is 15.5. The van der Waals surface area contributed by atoms with Crippen LogP contribution in [0.25, 0.3) is 17.0 Å². The van der Waals surface area contributed by atoms with Crippen LogP contribution < -0.4 is 16.4 Å². The van der Waals surface area contributed by atoms with E-state index in [1.807, 2.05) is 0 Å². The van der Waals surface area contributed by atoms with Gasteiger partial charge in [-0.3, -0.25) is 9.88 Å². The summed E-state index contributed by atoms with van der Waals surface area (Å²) in [6.45, 7) is 0. The Morgan fingerprint density at radius 1 is 1.17 bits per heavy atom. The monoisotopic (exact) mass is 408 g/mol. The van der Waals surface area contributed by atoms with Crippen molar-refractivity contribution in [1.82, 2.24) is 24.7 Å². The summed E-state index contributed by atoms with van der Waals surface area (Å²) in [5.41, 5.74) is 14.0. The quantitative estimate of drug-likeness (QED) is 0.465. The number of pyridine rings is 1. The van der Waals surface area contributed by atoms with Crippen LogP contribution in [0, 0.1) is 5.82 Å². The van der Waals surface area contributed by atoms with Gasteiger partial charge in [0.2, 0.25) is 0 Å². The van der Waals surface area contributed by atoms with E-state index in [1.54, 1.807) is 36.5 Å². The predicted molar refractivity (Wildman–Crippen MR) is 109 cm³/mol. The Bertz CT molecular complexity index is 1250. The van der Waals surface area contributed by atoms with Crippen LogP contribution in [-0.4, -0.2) is 43.0 Å². The van der Waals surface area contributed by atoms with Crippen LogP contribution in [0.2, 0.25) is 0 Å². The lowest BCUT2D eigenvalue weighted by atomic mass is 10.1. The molecule has 4 aromatic rings. The normalized spacial score (nSPS) is 11.0. The van der Waals surface area contributed by atoms with E-state index in [-0.39, 0.29) is 35.5 Å². The molecule has 3 heterocycles. The Morgan fingerprint density at radius 3 is 2.53 bits per heavy atom. The molecule has 0 unspecified atom stereocenters. The number of carboxylic acid groups (broad SMARTS) is 1. The third-order valence-electron chi connectivity index (χ3n) is 4.56. The van der Waals surface area contributed by atoms with Gasteiger partial charge in [0, 0.05) is 19.7 Å². The van der Waals surface area contributed by atoms with Gasteiger partial charge in [0.25, 0.3) is 5.95 Å². The molecule has 0 atom stereocenters. The van der Waals surface area contributed by atoms with Gasteiger partial charge in [-0.25, -0.2) is 9.18 Å². The molecule has 1 amide bonds. The second-order valence-corrected chi connectivity index (χ2v) is 6.48. The van der Waals surface area contributed by atoms with E-state index in [9.17, 15) is 14.3 Å². The molecule has 3 aromatic heterocycles. The van der Waals surface area contributed by atoms with Crippen LogP contribution in [0.4, 0.5) is 26.5 Å². The van der Waals surface area contributed by atoms with Crippen LogP contribution in [0.1, 0.15) is 11.3 Å². The van der Waals surface area contributed by atoms with Gasteiger partial charge in [0.1, 0.15) is 17.0 Å². The molecule has 0 bridgehead atoms. The Kier molecular flexibility index (Phi) is 4.62. The second kappa shape index (κ2) is 7.28. The Labute approximate surface area is 169 Å². The predicted octanol–water partition coefficient (Wildman–Crippen LogP) is 2.22. The highest BCUT2D eigenvalue weighted by molar-refractivity contribution is 5.93. The summed E-state index contributed by atoms with van der Waals surface area (Å²) in [6, 6.07) is 9.88. The van der Waals surface area contributed by atoms with E-state index in [0.717, 1.165) is 4.90 Å². The van der Waals surface area contributed by atoms with Crippen molar-refractivity contribution in [3.63, 3.8) is 0 Å². The average molecular weight is 408 g/mol. The zero-order valence-electron chi connectivity index (χ0n) is 15.8. The van der Waals surface area contributed by atoms with Gasteiger partial charge in [-0.1, -0.05) is 18.2 Å². The number of carbonyl (C=O) groups is 1. The molecule has 11 heteroatoms. The maximum Gasteiger partial charge on any atom is 0.411 e. The topological polar surface area (TPSA) is 149 Å². The highest BCUT2D eigenvalue weighted by atomic mass is 19.1. The molecule has 0 aliphatic heterocycles. The molecular formula is C19H17FN8O2. The van der Waals surface area contributed by atoms with Crippen molar-refractivity contribution in [3.8, 4) is 5.95 Å². The van der Waals surface area contributed by atoms with E-state index in [4.69, 9.17) is 11.5 Å². The number of hydrogen-bond donors (Lipinski definition) is 3. The number of nitrogen functional groups attached to an aromatic ring is 2. The number of halogens is 1. The average Bonchev–Trinajstić information content (AvgIpc) is 3.07. The lowest BCUT2D eigenvalue weighted by Crippen LogP contribution is -2.27. The molecule has 0 saturated carbocycles. The number of fused-ring (bicyclic) bond motifs is 1. The molecule has 5 N–H and O–H groups in total. The van der Waals surface area contributed by atoms with Crippen molar-refractivity contribution in [2.24, 2.45) is 0 Å². The lowest BCUT2D eigenvalue weighted by molar-refractivity contribution is 0.203. The van der Waals surface area contributed by atoms with Gasteiger partial charge < -0.3 is 16.6 Å². The fraction of sp³-hybridized carbons (Fsp3) is 0.105. The molecule has 4 rings (SSSR count). The number of hydrogen-bond acceptors (Lipinski definition) is 7. The highest BCUT2D eigenvalue weighted by Gasteiger charge is 2.22. The number of benzene rings is 1. The Hall–Kier alpha value is -4.28. The molecule has 10 nitrogen and oxygen atoms in total. The first-order valence-corrected chi connectivity index (χ1v) is 8.83. The van der Waals surface area contributed by atoms with E-state index in [0.29, 0.717) is 22.3 Å². The zero-order valence-corrected chi connectivity index (χ0v) is 15.8. The fourth-order valence-corrected chi connectivity index (χ4v) is 3.12. The summed E-state index contributed by atoms with van der Waals surface area (Å²) in [7, 11) is 1.28. The van der Waals surface area contributed by atoms with Crippen molar-refractivity contribution in [2.75, 3.05) is 23.4 Å². The van der Waals surface area contributed by atoms with Gasteiger partial charge >= 0.3 is 6.09 Å². The number of nitrogens with two attached hydrogens (primary N) is 2. The Balaban J connectivity index is 1.84. The Morgan fingerprint density at radius 2 is 1.87 bits per heavy atom. The molecular weight excluding hydrogens is 391 g/mol. The van der Waals surface area contributed by atoms with Crippen LogP contribution in [0.3, 0.4) is 0 Å². The summed E-state index contributed by atoms with van der Waals surface area (Å²) in [5, 5.41) is 13.7. The fourth-order valence-electron chi connectivity index (χ4n) is 3.12. The summed E-state index contributed by atoms with van der Waals surface area (Å²) >= 11 is 0. The molecule has 0 saturated heterocycles. The smallest absolute Gasteiger partial charge is 0.411 e. The zero-order chi connectivity index (χ0) is 21.4. The molecule has 0 aliphatic carbocycles. The molecule has 30 heavy (non-hydrogen) atoms. The first-order chi connectivity index (χ1) is 14.4. The minimum Gasteiger partial charge on any atom is -0.465 e. The molecule has 0 aliphatic rings. The summed E-state index contributed by atoms with van der Waals surface area (Å²) in [6.07, 6.45) is 0.553. The first kappa shape index (κ1) is 19.1. The molecule has 1 aromatic carbocycles. The summed E-state index contributed by atoms with van der Waals surface area (Å²) in [4.78, 5) is 24.8. The van der Waals surface area contributed by atoms with E-state index < -0.39 is 6.09 Å². The van der Waals surface area contributed by atoms with Gasteiger partial charge in [-0.15, -0.1) is 0 Å². The van der Waals surface area contributed by atoms with Crippen molar-refractivity contribution < 1.29 is 14.3 Å². The van der Waals surface area contributed by atoms with Gasteiger partial charge in [0.05, 0.1) is 11.2 Å². The third-order valence-corrected chi connectivity index (χ3v) is 4.56. The van der Waals surface area contributed by atoms with Crippen molar-refractivity contribution in [2.45, 2.75) is 6.42 Å². The molecule has 152 valence electrons.